The Morgan fingerprint density at radius 3 is 3.06 bits per heavy atom. The van der Waals surface area contributed by atoms with E-state index in [-0.39, 0.29) is 0 Å². The van der Waals surface area contributed by atoms with Crippen molar-refractivity contribution < 1.29 is 4.42 Å². The molecule has 0 saturated carbocycles. The molecule has 0 bridgehead atoms. The summed E-state index contributed by atoms with van der Waals surface area (Å²) in [6.45, 7) is 0. The molecular formula is C13H9N2OS. The summed E-state index contributed by atoms with van der Waals surface area (Å²) in [6.07, 6.45) is 1.79. The molecule has 0 aliphatic carbocycles. The monoisotopic (exact) mass is 241 g/mol. The lowest BCUT2D eigenvalue weighted by atomic mass is 10.3. The molecule has 0 amide bonds. The molecule has 17 heavy (non-hydrogen) atoms. The van der Waals surface area contributed by atoms with Crippen molar-refractivity contribution in [3.8, 4) is 0 Å². The van der Waals surface area contributed by atoms with E-state index in [1.165, 1.54) is 11.8 Å². The molecule has 4 heteroatoms. The molecule has 1 aromatic carbocycles. The molecule has 83 valence electrons. The molecule has 3 aromatic rings. The first-order valence-corrected chi connectivity index (χ1v) is 6.20. The lowest BCUT2D eigenvalue weighted by Gasteiger charge is -1.95. The number of thioether (sulfide) groups is 1. The standard InChI is InChI=1S/C13H9N2OS/c1-2-7-12-11(6-1)15-13(16-12)17-9-10-5-3-4-8-14-10/h1-5,7-8H,9H2. The van der Waals surface area contributed by atoms with Crippen molar-refractivity contribution in [1.82, 2.24) is 9.97 Å². The first kappa shape index (κ1) is 10.4. The highest BCUT2D eigenvalue weighted by molar-refractivity contribution is 7.98. The topological polar surface area (TPSA) is 38.9 Å². The van der Waals surface area contributed by atoms with Crippen LogP contribution in [0.1, 0.15) is 5.69 Å². The summed E-state index contributed by atoms with van der Waals surface area (Å²) in [5, 5.41) is 0.660. The van der Waals surface area contributed by atoms with Gasteiger partial charge in [-0.1, -0.05) is 30.0 Å². The Morgan fingerprint density at radius 1 is 1.24 bits per heavy atom. The van der Waals surface area contributed by atoms with E-state index < -0.39 is 0 Å². The number of rotatable bonds is 3. The number of nitrogens with zero attached hydrogens (tertiary/aromatic N) is 2. The first-order chi connectivity index (χ1) is 8.42. The number of oxazole rings is 1. The molecule has 2 heterocycles. The van der Waals surface area contributed by atoms with Gasteiger partial charge in [0.15, 0.2) is 5.58 Å². The van der Waals surface area contributed by atoms with Crippen LogP contribution >= 0.6 is 11.8 Å². The zero-order chi connectivity index (χ0) is 11.5. The summed E-state index contributed by atoms with van der Waals surface area (Å²) in [7, 11) is 0. The molecule has 3 nitrogen and oxygen atoms in total. The molecule has 0 N–H and O–H groups in total. The van der Waals surface area contributed by atoms with Crippen molar-refractivity contribution in [2.45, 2.75) is 11.0 Å². The number of hydrogen-bond acceptors (Lipinski definition) is 4. The molecule has 0 aliphatic rings. The minimum atomic E-state index is 0.660. The number of benzene rings is 1. The fraction of sp³-hybridized carbons (Fsp3) is 0.0769. The number of fused-ring (bicyclic) bond motifs is 1. The quantitative estimate of drug-likeness (QED) is 0.659. The van der Waals surface area contributed by atoms with Gasteiger partial charge >= 0.3 is 0 Å². The third kappa shape index (κ3) is 2.31. The van der Waals surface area contributed by atoms with Gasteiger partial charge in [-0.2, -0.15) is 0 Å². The zero-order valence-corrected chi connectivity index (χ0v) is 9.78. The zero-order valence-electron chi connectivity index (χ0n) is 8.96. The SMILES string of the molecule is [c]1cccc2oc(SCc3ccccn3)nc12. The van der Waals surface area contributed by atoms with Crippen LogP contribution in [0.2, 0.25) is 0 Å². The summed E-state index contributed by atoms with van der Waals surface area (Å²) in [4.78, 5) is 8.59. The van der Waals surface area contributed by atoms with Crippen LogP contribution in [0.3, 0.4) is 0 Å². The van der Waals surface area contributed by atoms with Gasteiger partial charge in [0.25, 0.3) is 5.22 Å². The van der Waals surface area contributed by atoms with E-state index in [1.54, 1.807) is 6.20 Å². The van der Waals surface area contributed by atoms with Crippen LogP contribution in [0.5, 0.6) is 0 Å². The molecule has 0 unspecified atom stereocenters. The van der Waals surface area contributed by atoms with Gasteiger partial charge in [-0.25, -0.2) is 4.98 Å². The summed E-state index contributed by atoms with van der Waals surface area (Å²) in [5.74, 6) is 0.758. The second-order valence-electron chi connectivity index (χ2n) is 3.47. The van der Waals surface area contributed by atoms with Gasteiger partial charge < -0.3 is 4.42 Å². The smallest absolute Gasteiger partial charge is 0.257 e. The van der Waals surface area contributed by atoms with Gasteiger partial charge in [0.1, 0.15) is 5.52 Å². The molecule has 0 fully saturated rings. The van der Waals surface area contributed by atoms with Crippen molar-refractivity contribution >= 4 is 22.9 Å². The molecular weight excluding hydrogens is 232 g/mol. The molecule has 1 radical (unpaired) electrons. The predicted molar refractivity (Wildman–Crippen MR) is 66.6 cm³/mol. The van der Waals surface area contributed by atoms with Crippen LogP contribution < -0.4 is 0 Å². The second-order valence-corrected chi connectivity index (χ2v) is 4.40. The lowest BCUT2D eigenvalue weighted by Crippen LogP contribution is -1.84. The Balaban J connectivity index is 1.77. The molecule has 0 atom stereocenters. The minimum Gasteiger partial charge on any atom is -0.431 e. The molecule has 0 spiro atoms. The van der Waals surface area contributed by atoms with E-state index in [2.05, 4.69) is 16.0 Å². The summed E-state index contributed by atoms with van der Waals surface area (Å²) >= 11 is 1.54. The van der Waals surface area contributed by atoms with Crippen LogP contribution in [0.15, 0.2) is 52.2 Å². The van der Waals surface area contributed by atoms with E-state index in [9.17, 15) is 0 Å². The van der Waals surface area contributed by atoms with Gasteiger partial charge in [-0.05, 0) is 18.2 Å². The summed E-state index contributed by atoms with van der Waals surface area (Å²) < 4.78 is 5.58. The van der Waals surface area contributed by atoms with E-state index in [0.29, 0.717) is 5.22 Å². The minimum absolute atomic E-state index is 0.660. The maximum Gasteiger partial charge on any atom is 0.257 e. The Hall–Kier alpha value is -1.81. The highest BCUT2D eigenvalue weighted by Gasteiger charge is 2.06. The fourth-order valence-corrected chi connectivity index (χ4v) is 2.22. The first-order valence-electron chi connectivity index (χ1n) is 5.22. The van der Waals surface area contributed by atoms with E-state index in [4.69, 9.17) is 4.42 Å². The number of para-hydroxylation sites is 1. The lowest BCUT2D eigenvalue weighted by molar-refractivity contribution is 0.489. The highest BCUT2D eigenvalue weighted by Crippen LogP contribution is 2.25. The van der Waals surface area contributed by atoms with E-state index >= 15 is 0 Å². The highest BCUT2D eigenvalue weighted by atomic mass is 32.2. The van der Waals surface area contributed by atoms with Crippen LogP contribution in [0.4, 0.5) is 0 Å². The average molecular weight is 241 g/mol. The van der Waals surface area contributed by atoms with E-state index in [1.807, 2.05) is 36.4 Å². The van der Waals surface area contributed by atoms with Crippen molar-refractivity contribution in [2.24, 2.45) is 0 Å². The molecule has 0 aliphatic heterocycles. The second kappa shape index (κ2) is 4.59. The van der Waals surface area contributed by atoms with Crippen LogP contribution in [0.25, 0.3) is 11.1 Å². The van der Waals surface area contributed by atoms with Gasteiger partial charge in [-0.15, -0.1) is 0 Å². The number of hydrogen-bond donors (Lipinski definition) is 0. The Labute approximate surface area is 103 Å². The van der Waals surface area contributed by atoms with Crippen molar-refractivity contribution in [2.75, 3.05) is 0 Å². The predicted octanol–water partition coefficient (Wildman–Crippen LogP) is 3.32. The summed E-state index contributed by atoms with van der Waals surface area (Å²) in [5.41, 5.74) is 2.57. The molecule has 2 aromatic heterocycles. The largest absolute Gasteiger partial charge is 0.431 e. The van der Waals surface area contributed by atoms with Crippen molar-refractivity contribution in [3.05, 3.63) is 54.4 Å². The average Bonchev–Trinajstić information content (AvgIpc) is 2.80. The van der Waals surface area contributed by atoms with Gasteiger partial charge in [0.2, 0.25) is 0 Å². The van der Waals surface area contributed by atoms with Crippen molar-refractivity contribution in [3.63, 3.8) is 0 Å². The maximum absolute atomic E-state index is 5.58. The van der Waals surface area contributed by atoms with Crippen LogP contribution in [-0.4, -0.2) is 9.97 Å². The van der Waals surface area contributed by atoms with E-state index in [0.717, 1.165) is 22.5 Å². The van der Waals surface area contributed by atoms with Crippen molar-refractivity contribution in [1.29, 1.82) is 0 Å². The third-order valence-corrected chi connectivity index (χ3v) is 3.13. The van der Waals surface area contributed by atoms with Crippen LogP contribution in [-0.2, 0) is 5.75 Å². The Kier molecular flexibility index (Phi) is 2.80. The normalized spacial score (nSPS) is 10.8. The Bertz CT molecular complexity index is 588. The maximum atomic E-state index is 5.58. The van der Waals surface area contributed by atoms with Gasteiger partial charge in [0.05, 0.1) is 5.69 Å². The summed E-state index contributed by atoms with van der Waals surface area (Å²) in [6, 6.07) is 14.5. The fourth-order valence-electron chi connectivity index (χ4n) is 1.47. The third-order valence-electron chi connectivity index (χ3n) is 2.27. The number of aromatic nitrogens is 2. The van der Waals surface area contributed by atoms with Gasteiger partial charge in [0, 0.05) is 18.0 Å². The van der Waals surface area contributed by atoms with Crippen LogP contribution in [0, 0.1) is 6.07 Å². The van der Waals surface area contributed by atoms with Gasteiger partial charge in [-0.3, -0.25) is 4.98 Å². The molecule has 0 saturated heterocycles. The number of pyridine rings is 1. The molecule has 3 rings (SSSR count). The Morgan fingerprint density at radius 2 is 2.24 bits per heavy atom.